The smallest absolute Gasteiger partial charge is 0.217 e. The van der Waals surface area contributed by atoms with Crippen molar-refractivity contribution in [2.24, 2.45) is 0 Å². The lowest BCUT2D eigenvalue weighted by Crippen LogP contribution is -2.28. The van der Waals surface area contributed by atoms with Crippen molar-refractivity contribution in [3.63, 3.8) is 0 Å². The van der Waals surface area contributed by atoms with Crippen LogP contribution in [0.4, 0.5) is 0 Å². The number of nitrogens with one attached hydrogen (secondary N) is 1. The summed E-state index contributed by atoms with van der Waals surface area (Å²) >= 11 is 0. The highest BCUT2D eigenvalue weighted by Crippen LogP contribution is 2.34. The number of benzene rings is 1. The number of phenols is 1. The van der Waals surface area contributed by atoms with Gasteiger partial charge in [-0.1, -0.05) is 12.1 Å². The maximum absolute atomic E-state index is 11.0. The lowest BCUT2D eigenvalue weighted by Gasteiger charge is -2.26. The van der Waals surface area contributed by atoms with Gasteiger partial charge in [0.1, 0.15) is 5.75 Å². The van der Waals surface area contributed by atoms with Gasteiger partial charge >= 0.3 is 0 Å². The third kappa shape index (κ3) is 1.96. The Hall–Kier alpha value is -1.51. The first-order valence-electron chi connectivity index (χ1n) is 5.26. The molecule has 1 aromatic rings. The number of phenolic OH excluding ortho intramolecular Hbond substituents is 1. The molecule has 0 aromatic heterocycles. The summed E-state index contributed by atoms with van der Waals surface area (Å²) in [4.78, 5) is 11.0. The molecule has 0 bridgehead atoms. The second kappa shape index (κ2) is 3.93. The summed E-state index contributed by atoms with van der Waals surface area (Å²) in [5.74, 6) is 0.332. The van der Waals surface area contributed by atoms with E-state index in [0.29, 0.717) is 5.75 Å². The zero-order chi connectivity index (χ0) is 10.8. The molecule has 1 aliphatic rings. The highest BCUT2D eigenvalue weighted by Gasteiger charge is 2.22. The van der Waals surface area contributed by atoms with E-state index in [1.807, 2.05) is 12.1 Å². The molecule has 1 aliphatic carbocycles. The van der Waals surface area contributed by atoms with E-state index >= 15 is 0 Å². The molecule has 0 fully saturated rings. The van der Waals surface area contributed by atoms with Crippen LogP contribution in [0.15, 0.2) is 18.2 Å². The van der Waals surface area contributed by atoms with Gasteiger partial charge in [-0.15, -0.1) is 0 Å². The van der Waals surface area contributed by atoms with Gasteiger partial charge in [-0.2, -0.15) is 0 Å². The van der Waals surface area contributed by atoms with Gasteiger partial charge in [-0.3, -0.25) is 4.79 Å². The second-order valence-corrected chi connectivity index (χ2v) is 3.99. The molecule has 0 aliphatic heterocycles. The fourth-order valence-electron chi connectivity index (χ4n) is 2.22. The number of hydrogen-bond donors (Lipinski definition) is 2. The normalized spacial score (nSPS) is 19.4. The maximum atomic E-state index is 11.0. The minimum Gasteiger partial charge on any atom is -0.508 e. The number of carbonyl (C=O) groups is 1. The van der Waals surface area contributed by atoms with Gasteiger partial charge in [-0.05, 0) is 36.5 Å². The van der Waals surface area contributed by atoms with Gasteiger partial charge < -0.3 is 10.4 Å². The van der Waals surface area contributed by atoms with Crippen molar-refractivity contribution in [3.8, 4) is 5.75 Å². The first-order chi connectivity index (χ1) is 7.18. The number of fused-ring (bicyclic) bond motifs is 1. The molecule has 2 rings (SSSR count). The Morgan fingerprint density at radius 3 is 3.07 bits per heavy atom. The Kier molecular flexibility index (Phi) is 2.62. The monoisotopic (exact) mass is 205 g/mol. The summed E-state index contributed by atoms with van der Waals surface area (Å²) in [7, 11) is 0. The quantitative estimate of drug-likeness (QED) is 0.735. The van der Waals surface area contributed by atoms with E-state index in [9.17, 15) is 9.90 Å². The van der Waals surface area contributed by atoms with Gasteiger partial charge in [0.05, 0.1) is 6.04 Å². The largest absolute Gasteiger partial charge is 0.508 e. The number of carbonyl (C=O) groups excluding carboxylic acids is 1. The molecular weight excluding hydrogens is 190 g/mol. The molecule has 15 heavy (non-hydrogen) atoms. The van der Waals surface area contributed by atoms with Crippen molar-refractivity contribution in [1.29, 1.82) is 0 Å². The van der Waals surface area contributed by atoms with Crippen LogP contribution in [0.5, 0.6) is 5.75 Å². The van der Waals surface area contributed by atoms with Crippen LogP contribution >= 0.6 is 0 Å². The zero-order valence-electron chi connectivity index (χ0n) is 8.79. The molecule has 1 atom stereocenters. The van der Waals surface area contributed by atoms with Crippen LogP contribution in [-0.4, -0.2) is 11.0 Å². The van der Waals surface area contributed by atoms with Gasteiger partial charge in [0, 0.05) is 6.92 Å². The van der Waals surface area contributed by atoms with Crippen LogP contribution in [0.2, 0.25) is 0 Å². The summed E-state index contributed by atoms with van der Waals surface area (Å²) in [6, 6.07) is 5.58. The van der Waals surface area contributed by atoms with E-state index < -0.39 is 0 Å². The molecule has 0 saturated carbocycles. The molecular formula is C12H15NO2. The highest BCUT2D eigenvalue weighted by atomic mass is 16.3. The van der Waals surface area contributed by atoms with E-state index in [1.165, 1.54) is 6.92 Å². The Labute approximate surface area is 89.1 Å². The summed E-state index contributed by atoms with van der Waals surface area (Å²) in [5.41, 5.74) is 2.05. The van der Waals surface area contributed by atoms with Crippen molar-refractivity contribution < 1.29 is 9.90 Å². The first-order valence-corrected chi connectivity index (χ1v) is 5.26. The average Bonchev–Trinajstić information content (AvgIpc) is 2.19. The second-order valence-electron chi connectivity index (χ2n) is 3.99. The molecule has 1 amide bonds. The lowest BCUT2D eigenvalue weighted by atomic mass is 9.87. The van der Waals surface area contributed by atoms with Crippen LogP contribution in [0, 0.1) is 0 Å². The van der Waals surface area contributed by atoms with E-state index in [1.54, 1.807) is 6.07 Å². The van der Waals surface area contributed by atoms with Gasteiger partial charge in [0.15, 0.2) is 0 Å². The van der Waals surface area contributed by atoms with Crippen molar-refractivity contribution in [2.75, 3.05) is 0 Å². The number of amides is 1. The van der Waals surface area contributed by atoms with E-state index in [0.717, 1.165) is 30.4 Å². The van der Waals surface area contributed by atoms with Crippen LogP contribution in [0.25, 0.3) is 0 Å². The standard InChI is InChI=1S/C12H15NO2/c1-8(14)13-11-6-2-5-10-9(11)4-3-7-12(10)15/h3-4,7,11,15H,2,5-6H2,1H3,(H,13,14). The molecule has 80 valence electrons. The van der Waals surface area contributed by atoms with Gasteiger partial charge in [-0.25, -0.2) is 0 Å². The Morgan fingerprint density at radius 2 is 2.33 bits per heavy atom. The topological polar surface area (TPSA) is 49.3 Å². The summed E-state index contributed by atoms with van der Waals surface area (Å²) in [6.45, 7) is 1.52. The average molecular weight is 205 g/mol. The van der Waals surface area contributed by atoms with E-state index in [2.05, 4.69) is 5.32 Å². The van der Waals surface area contributed by atoms with Crippen molar-refractivity contribution in [2.45, 2.75) is 32.2 Å². The number of hydrogen-bond acceptors (Lipinski definition) is 2. The van der Waals surface area contributed by atoms with Crippen molar-refractivity contribution >= 4 is 5.91 Å². The number of aromatic hydroxyl groups is 1. The molecule has 1 aromatic carbocycles. The van der Waals surface area contributed by atoms with Crippen LogP contribution in [-0.2, 0) is 11.2 Å². The Bertz CT molecular complexity index is 387. The van der Waals surface area contributed by atoms with Crippen molar-refractivity contribution in [3.05, 3.63) is 29.3 Å². The molecule has 3 nitrogen and oxygen atoms in total. The summed E-state index contributed by atoms with van der Waals surface area (Å²) in [5, 5.41) is 12.6. The van der Waals surface area contributed by atoms with Crippen LogP contribution < -0.4 is 5.32 Å². The molecule has 0 spiro atoms. The third-order valence-electron chi connectivity index (χ3n) is 2.86. The summed E-state index contributed by atoms with van der Waals surface area (Å²) in [6.07, 6.45) is 2.86. The molecule has 0 saturated heterocycles. The van der Waals surface area contributed by atoms with Crippen LogP contribution in [0.1, 0.15) is 36.9 Å². The number of rotatable bonds is 1. The molecule has 1 unspecified atom stereocenters. The summed E-state index contributed by atoms with van der Waals surface area (Å²) < 4.78 is 0. The predicted molar refractivity (Wildman–Crippen MR) is 57.6 cm³/mol. The minimum atomic E-state index is -0.0174. The van der Waals surface area contributed by atoms with E-state index in [-0.39, 0.29) is 11.9 Å². The van der Waals surface area contributed by atoms with Crippen LogP contribution in [0.3, 0.4) is 0 Å². The van der Waals surface area contributed by atoms with Gasteiger partial charge in [0.25, 0.3) is 0 Å². The highest BCUT2D eigenvalue weighted by molar-refractivity contribution is 5.73. The Morgan fingerprint density at radius 1 is 1.53 bits per heavy atom. The Balaban J connectivity index is 2.34. The van der Waals surface area contributed by atoms with E-state index in [4.69, 9.17) is 0 Å². The minimum absolute atomic E-state index is 0.0174. The lowest BCUT2D eigenvalue weighted by molar-refractivity contribution is -0.119. The molecule has 2 N–H and O–H groups in total. The predicted octanol–water partition coefficient (Wildman–Crippen LogP) is 1.91. The SMILES string of the molecule is CC(=O)NC1CCCc2c(O)cccc21. The van der Waals surface area contributed by atoms with Crippen molar-refractivity contribution in [1.82, 2.24) is 5.32 Å². The zero-order valence-corrected chi connectivity index (χ0v) is 8.79. The molecule has 0 heterocycles. The molecule has 0 radical (unpaired) electrons. The third-order valence-corrected chi connectivity index (χ3v) is 2.86. The van der Waals surface area contributed by atoms with Gasteiger partial charge in [0.2, 0.25) is 5.91 Å². The fourth-order valence-corrected chi connectivity index (χ4v) is 2.22. The fraction of sp³-hybridized carbons (Fsp3) is 0.417. The maximum Gasteiger partial charge on any atom is 0.217 e. The first kappa shape index (κ1) is 10.0. The molecule has 3 heteroatoms.